The summed E-state index contributed by atoms with van der Waals surface area (Å²) < 4.78 is 1.08. The molecule has 122 valence electrons. The van der Waals surface area contributed by atoms with Crippen LogP contribution in [0.25, 0.3) is 0 Å². The Morgan fingerprint density at radius 1 is 1.18 bits per heavy atom. The molecule has 1 aromatic carbocycles. The minimum Gasteiger partial charge on any atom is -0.314 e. The van der Waals surface area contributed by atoms with E-state index in [9.17, 15) is 0 Å². The third-order valence-corrected chi connectivity index (χ3v) is 5.34. The lowest BCUT2D eigenvalue weighted by Crippen LogP contribution is -2.45. The predicted octanol–water partition coefficient (Wildman–Crippen LogP) is 5.00. The van der Waals surface area contributed by atoms with Crippen LogP contribution in [0.1, 0.15) is 16.5 Å². The second-order valence-corrected chi connectivity index (χ2v) is 7.17. The fourth-order valence-corrected chi connectivity index (χ4v) is 4.12. The van der Waals surface area contributed by atoms with Gasteiger partial charge < -0.3 is 5.32 Å². The average molecular weight is 445 g/mol. The molecule has 1 aromatic heterocycles. The second-order valence-electron chi connectivity index (χ2n) is 4.87. The predicted molar refractivity (Wildman–Crippen MR) is 104 cm³/mol. The zero-order chi connectivity index (χ0) is 13.9. The minimum absolute atomic E-state index is 0. The maximum absolute atomic E-state index is 6.47. The fraction of sp³-hybridized carbons (Fsp3) is 0.333. The van der Waals surface area contributed by atoms with E-state index in [0.29, 0.717) is 0 Å². The number of halogens is 4. The van der Waals surface area contributed by atoms with Crippen LogP contribution in [0.4, 0.5) is 0 Å². The quantitative estimate of drug-likeness (QED) is 0.717. The molecule has 0 amide bonds. The standard InChI is InChI=1S/C15H16BrClN2S.2ClH/c16-11-3-4-13(17)12(10-11)15(14-2-1-9-20-14)19-7-5-18-6-8-19;;/h1-4,9-10,15,18H,5-8H2;2*1H/t15-;;/m0../s1. The van der Waals surface area contributed by atoms with Crippen molar-refractivity contribution in [1.82, 2.24) is 10.2 Å². The number of nitrogens with zero attached hydrogens (tertiary/aromatic N) is 1. The van der Waals surface area contributed by atoms with Gasteiger partial charge >= 0.3 is 0 Å². The number of hydrogen-bond acceptors (Lipinski definition) is 3. The molecule has 1 saturated heterocycles. The highest BCUT2D eigenvalue weighted by molar-refractivity contribution is 9.10. The molecule has 1 aliphatic rings. The normalized spacial score (nSPS) is 16.5. The molecule has 2 heterocycles. The first-order valence-electron chi connectivity index (χ1n) is 6.69. The van der Waals surface area contributed by atoms with Gasteiger partial charge in [0.25, 0.3) is 0 Å². The largest absolute Gasteiger partial charge is 0.314 e. The van der Waals surface area contributed by atoms with Gasteiger partial charge in [-0.2, -0.15) is 0 Å². The summed E-state index contributed by atoms with van der Waals surface area (Å²) in [6, 6.07) is 10.7. The van der Waals surface area contributed by atoms with E-state index in [1.165, 1.54) is 10.4 Å². The highest BCUT2D eigenvalue weighted by Crippen LogP contribution is 2.37. The van der Waals surface area contributed by atoms with Crippen molar-refractivity contribution < 1.29 is 0 Å². The van der Waals surface area contributed by atoms with Crippen molar-refractivity contribution >= 4 is 63.7 Å². The summed E-state index contributed by atoms with van der Waals surface area (Å²) in [6.07, 6.45) is 0. The Balaban J connectivity index is 0.00000121. The maximum atomic E-state index is 6.47. The zero-order valence-electron chi connectivity index (χ0n) is 11.8. The lowest BCUT2D eigenvalue weighted by Gasteiger charge is -2.35. The smallest absolute Gasteiger partial charge is 0.0711 e. The molecule has 1 fully saturated rings. The van der Waals surface area contributed by atoms with Crippen LogP contribution in [0.5, 0.6) is 0 Å². The molecule has 0 spiro atoms. The number of benzene rings is 1. The highest BCUT2D eigenvalue weighted by Gasteiger charge is 2.26. The number of nitrogens with one attached hydrogen (secondary N) is 1. The molecule has 1 atom stereocenters. The topological polar surface area (TPSA) is 15.3 Å². The summed E-state index contributed by atoms with van der Waals surface area (Å²) in [5.74, 6) is 0. The Kier molecular flexibility index (Phi) is 8.72. The Labute approximate surface area is 161 Å². The first-order valence-corrected chi connectivity index (χ1v) is 8.74. The molecule has 0 bridgehead atoms. The molecular weight excluding hydrogens is 427 g/mol. The van der Waals surface area contributed by atoms with Crippen molar-refractivity contribution in [2.45, 2.75) is 6.04 Å². The first kappa shape index (κ1) is 20.2. The summed E-state index contributed by atoms with van der Waals surface area (Å²) in [7, 11) is 0. The van der Waals surface area contributed by atoms with Crippen LogP contribution in [0.2, 0.25) is 5.02 Å². The van der Waals surface area contributed by atoms with Crippen molar-refractivity contribution in [2.75, 3.05) is 26.2 Å². The molecule has 0 saturated carbocycles. The van der Waals surface area contributed by atoms with Gasteiger partial charge in [-0.1, -0.05) is 33.6 Å². The molecule has 22 heavy (non-hydrogen) atoms. The zero-order valence-corrected chi connectivity index (χ0v) is 16.6. The van der Waals surface area contributed by atoms with E-state index in [4.69, 9.17) is 11.6 Å². The minimum atomic E-state index is 0. The van der Waals surface area contributed by atoms with Gasteiger partial charge in [-0.3, -0.25) is 4.90 Å². The van der Waals surface area contributed by atoms with E-state index in [-0.39, 0.29) is 30.9 Å². The summed E-state index contributed by atoms with van der Waals surface area (Å²) in [5.41, 5.74) is 1.19. The Morgan fingerprint density at radius 3 is 2.55 bits per heavy atom. The van der Waals surface area contributed by atoms with Crippen molar-refractivity contribution in [3.63, 3.8) is 0 Å². The summed E-state index contributed by atoms with van der Waals surface area (Å²) in [4.78, 5) is 3.86. The third-order valence-electron chi connectivity index (χ3n) is 3.58. The van der Waals surface area contributed by atoms with Crippen LogP contribution in [0, 0.1) is 0 Å². The van der Waals surface area contributed by atoms with E-state index in [1.54, 1.807) is 11.3 Å². The molecule has 1 aliphatic heterocycles. The lowest BCUT2D eigenvalue weighted by molar-refractivity contribution is 0.200. The summed E-state index contributed by atoms with van der Waals surface area (Å²) in [5, 5.41) is 6.39. The van der Waals surface area contributed by atoms with E-state index < -0.39 is 0 Å². The van der Waals surface area contributed by atoms with Crippen LogP contribution < -0.4 is 5.32 Å². The van der Waals surface area contributed by atoms with Gasteiger partial charge in [0, 0.05) is 40.6 Å². The van der Waals surface area contributed by atoms with E-state index >= 15 is 0 Å². The number of rotatable bonds is 3. The van der Waals surface area contributed by atoms with Crippen molar-refractivity contribution in [2.24, 2.45) is 0 Å². The molecular formula is C15H18BrCl3N2S. The molecule has 7 heteroatoms. The van der Waals surface area contributed by atoms with Crippen LogP contribution in [-0.4, -0.2) is 31.1 Å². The van der Waals surface area contributed by atoms with Crippen molar-refractivity contribution in [3.8, 4) is 0 Å². The molecule has 0 radical (unpaired) electrons. The molecule has 3 rings (SSSR count). The van der Waals surface area contributed by atoms with Gasteiger partial charge in [0.05, 0.1) is 6.04 Å². The average Bonchev–Trinajstić information content (AvgIpc) is 2.98. The van der Waals surface area contributed by atoms with Crippen LogP contribution in [0.3, 0.4) is 0 Å². The number of piperazine rings is 1. The summed E-state index contributed by atoms with van der Waals surface area (Å²) >= 11 is 11.8. The fourth-order valence-electron chi connectivity index (χ4n) is 2.64. The second kappa shape index (κ2) is 9.48. The van der Waals surface area contributed by atoms with Gasteiger partial charge in [-0.15, -0.1) is 36.2 Å². The van der Waals surface area contributed by atoms with Gasteiger partial charge in [0.2, 0.25) is 0 Å². The maximum Gasteiger partial charge on any atom is 0.0711 e. The van der Waals surface area contributed by atoms with Crippen molar-refractivity contribution in [3.05, 3.63) is 55.6 Å². The van der Waals surface area contributed by atoms with Crippen LogP contribution in [0.15, 0.2) is 40.2 Å². The third kappa shape index (κ3) is 4.60. The Hall–Kier alpha value is 0.190. The SMILES string of the molecule is Cl.Cl.Clc1ccc(Br)cc1[C@@H](c1cccs1)N1CCNCC1. The number of thiophene rings is 1. The van der Waals surface area contributed by atoms with E-state index in [1.807, 2.05) is 12.1 Å². The molecule has 2 nitrogen and oxygen atoms in total. The molecule has 2 aromatic rings. The highest BCUT2D eigenvalue weighted by atomic mass is 79.9. The summed E-state index contributed by atoms with van der Waals surface area (Å²) in [6.45, 7) is 4.16. The molecule has 1 N–H and O–H groups in total. The van der Waals surface area contributed by atoms with E-state index in [2.05, 4.69) is 49.7 Å². The van der Waals surface area contributed by atoms with Crippen LogP contribution in [-0.2, 0) is 0 Å². The first-order chi connectivity index (χ1) is 9.75. The van der Waals surface area contributed by atoms with E-state index in [0.717, 1.165) is 35.7 Å². The van der Waals surface area contributed by atoms with Crippen LogP contribution >= 0.6 is 63.7 Å². The molecule has 0 aliphatic carbocycles. The Morgan fingerprint density at radius 2 is 1.91 bits per heavy atom. The van der Waals surface area contributed by atoms with Gasteiger partial charge in [-0.25, -0.2) is 0 Å². The molecule has 0 unspecified atom stereocenters. The monoisotopic (exact) mass is 442 g/mol. The van der Waals surface area contributed by atoms with Gasteiger partial charge in [-0.05, 0) is 35.2 Å². The van der Waals surface area contributed by atoms with Gasteiger partial charge in [0.15, 0.2) is 0 Å². The Bertz CT molecular complexity index is 574. The lowest BCUT2D eigenvalue weighted by atomic mass is 10.0. The number of hydrogen-bond donors (Lipinski definition) is 1. The van der Waals surface area contributed by atoms with Gasteiger partial charge in [0.1, 0.15) is 0 Å². The van der Waals surface area contributed by atoms with Crippen molar-refractivity contribution in [1.29, 1.82) is 0 Å².